The van der Waals surface area contributed by atoms with Crippen LogP contribution in [0.3, 0.4) is 0 Å². The van der Waals surface area contributed by atoms with Crippen molar-refractivity contribution in [3.63, 3.8) is 0 Å². The van der Waals surface area contributed by atoms with E-state index in [4.69, 9.17) is 14.2 Å². The topological polar surface area (TPSA) is 44.8 Å². The van der Waals surface area contributed by atoms with Gasteiger partial charge in [0.05, 0.1) is 7.11 Å². The fourth-order valence-electron chi connectivity index (χ4n) is 2.11. The van der Waals surface area contributed by atoms with E-state index in [9.17, 15) is 4.79 Å². The maximum absolute atomic E-state index is 11.9. The van der Waals surface area contributed by atoms with Crippen LogP contribution in [-0.4, -0.2) is 27.1 Å². The number of allylic oxidation sites excluding steroid dienone is 1. The van der Waals surface area contributed by atoms with Crippen LogP contribution in [0, 0.1) is 0 Å². The molecule has 0 saturated carbocycles. The highest BCUT2D eigenvalue weighted by atomic mass is 16.7. The maximum atomic E-state index is 11.9. The van der Waals surface area contributed by atoms with Crippen LogP contribution < -0.4 is 0 Å². The highest BCUT2D eigenvalue weighted by Gasteiger charge is 2.44. The Kier molecular flexibility index (Phi) is 3.00. The van der Waals surface area contributed by atoms with E-state index in [2.05, 4.69) is 0 Å². The first-order valence-electron chi connectivity index (χ1n) is 5.20. The van der Waals surface area contributed by atoms with E-state index in [1.807, 2.05) is 6.07 Å². The van der Waals surface area contributed by atoms with Gasteiger partial charge >= 0.3 is 0 Å². The van der Waals surface area contributed by atoms with Crippen molar-refractivity contribution in [2.45, 2.75) is 5.79 Å². The molecule has 4 nitrogen and oxygen atoms in total. The maximum Gasteiger partial charge on any atom is 0.255 e. The molecule has 0 N–H and O–H groups in total. The monoisotopic (exact) mass is 234 g/mol. The predicted octanol–water partition coefficient (Wildman–Crippen LogP) is 1.86. The van der Waals surface area contributed by atoms with Gasteiger partial charge in [-0.15, -0.1) is 0 Å². The van der Waals surface area contributed by atoms with Crippen molar-refractivity contribution >= 4 is 5.78 Å². The molecule has 0 unspecified atom stereocenters. The van der Waals surface area contributed by atoms with Gasteiger partial charge in [0.15, 0.2) is 11.5 Å². The zero-order valence-corrected chi connectivity index (χ0v) is 10.0. The Labute approximate surface area is 99.8 Å². The molecule has 0 spiro atoms. The summed E-state index contributed by atoms with van der Waals surface area (Å²) in [5.41, 5.74) is 1.23. The molecule has 17 heavy (non-hydrogen) atoms. The van der Waals surface area contributed by atoms with Gasteiger partial charge < -0.3 is 14.2 Å². The summed E-state index contributed by atoms with van der Waals surface area (Å²) in [4.78, 5) is 11.9. The van der Waals surface area contributed by atoms with E-state index in [0.717, 1.165) is 0 Å². The lowest BCUT2D eigenvalue weighted by Gasteiger charge is -2.35. The van der Waals surface area contributed by atoms with Crippen LogP contribution >= 0.6 is 0 Å². The summed E-state index contributed by atoms with van der Waals surface area (Å²) < 4.78 is 16.1. The molecule has 90 valence electrons. The fourth-order valence-corrected chi connectivity index (χ4v) is 2.11. The van der Waals surface area contributed by atoms with Crippen molar-refractivity contribution in [3.05, 3.63) is 47.2 Å². The van der Waals surface area contributed by atoms with Gasteiger partial charge in [0, 0.05) is 31.4 Å². The van der Waals surface area contributed by atoms with Crippen molar-refractivity contribution in [1.82, 2.24) is 0 Å². The highest BCUT2D eigenvalue weighted by molar-refractivity contribution is 6.07. The quantitative estimate of drug-likeness (QED) is 0.749. The zero-order chi connectivity index (χ0) is 12.5. The number of ketones is 1. The molecule has 0 aliphatic heterocycles. The second-order valence-corrected chi connectivity index (χ2v) is 3.65. The lowest BCUT2D eigenvalue weighted by atomic mass is 9.89. The number of rotatable bonds is 3. The Bertz CT molecular complexity index is 472. The number of carbonyl (C=O) groups is 1. The largest absolute Gasteiger partial charge is 0.495 e. The third-order valence-electron chi connectivity index (χ3n) is 2.93. The number of methoxy groups -OCH3 is 3. The van der Waals surface area contributed by atoms with Crippen LogP contribution in [0.15, 0.2) is 36.1 Å². The van der Waals surface area contributed by atoms with Crippen LogP contribution in [0.25, 0.3) is 0 Å². The third kappa shape index (κ3) is 1.57. The third-order valence-corrected chi connectivity index (χ3v) is 2.93. The van der Waals surface area contributed by atoms with Crippen molar-refractivity contribution in [3.8, 4) is 0 Å². The first-order valence-corrected chi connectivity index (χ1v) is 5.20. The minimum atomic E-state index is -1.14. The standard InChI is InChI=1S/C13H14O4/c1-15-12-8-11(14)9-6-4-5-7-10(9)13(12,16-2)17-3/h4-8H,1-3H3. The van der Waals surface area contributed by atoms with Gasteiger partial charge in [0.2, 0.25) is 0 Å². The van der Waals surface area contributed by atoms with E-state index < -0.39 is 5.79 Å². The van der Waals surface area contributed by atoms with Gasteiger partial charge in [-0.2, -0.15) is 0 Å². The zero-order valence-electron chi connectivity index (χ0n) is 10.0. The lowest BCUT2D eigenvalue weighted by molar-refractivity contribution is -0.209. The summed E-state index contributed by atoms with van der Waals surface area (Å²) in [5.74, 6) is -0.896. The Hall–Kier alpha value is -1.65. The highest BCUT2D eigenvalue weighted by Crippen LogP contribution is 2.39. The summed E-state index contributed by atoms with van der Waals surface area (Å²) in [6, 6.07) is 7.18. The smallest absolute Gasteiger partial charge is 0.255 e. The Balaban J connectivity index is 2.69. The Morgan fingerprint density at radius 1 is 1.06 bits per heavy atom. The second kappa shape index (κ2) is 4.31. The molecule has 4 heteroatoms. The van der Waals surface area contributed by atoms with E-state index >= 15 is 0 Å². The van der Waals surface area contributed by atoms with E-state index in [-0.39, 0.29) is 5.78 Å². The average molecular weight is 234 g/mol. The molecule has 0 bridgehead atoms. The number of hydrogen-bond acceptors (Lipinski definition) is 4. The molecule has 0 saturated heterocycles. The molecule has 1 aromatic rings. The molecule has 1 aliphatic rings. The van der Waals surface area contributed by atoms with Crippen LogP contribution in [0.2, 0.25) is 0 Å². The molecule has 0 aromatic heterocycles. The molecular weight excluding hydrogens is 220 g/mol. The molecule has 2 rings (SSSR count). The van der Waals surface area contributed by atoms with Crippen molar-refractivity contribution in [1.29, 1.82) is 0 Å². The van der Waals surface area contributed by atoms with Crippen molar-refractivity contribution in [2.24, 2.45) is 0 Å². The summed E-state index contributed by atoms with van der Waals surface area (Å²) >= 11 is 0. The normalized spacial score (nSPS) is 17.4. The van der Waals surface area contributed by atoms with Gasteiger partial charge in [-0.3, -0.25) is 4.79 Å². The van der Waals surface area contributed by atoms with Crippen LogP contribution in [0.4, 0.5) is 0 Å². The van der Waals surface area contributed by atoms with Crippen molar-refractivity contribution in [2.75, 3.05) is 21.3 Å². The van der Waals surface area contributed by atoms with E-state index in [0.29, 0.717) is 16.9 Å². The second-order valence-electron chi connectivity index (χ2n) is 3.65. The molecule has 0 heterocycles. The number of benzene rings is 1. The summed E-state index contributed by atoms with van der Waals surface area (Å²) in [6.45, 7) is 0. The number of hydrogen-bond donors (Lipinski definition) is 0. The lowest BCUT2D eigenvalue weighted by Crippen LogP contribution is -2.38. The first kappa shape index (κ1) is 11.8. The average Bonchev–Trinajstić information content (AvgIpc) is 2.39. The predicted molar refractivity (Wildman–Crippen MR) is 61.6 cm³/mol. The fraction of sp³-hybridized carbons (Fsp3) is 0.308. The summed E-state index contributed by atoms with van der Waals surface area (Å²) in [6.07, 6.45) is 1.40. The SMILES string of the molecule is COC1=CC(=O)c2ccccc2C1(OC)OC. The minimum absolute atomic E-state index is 0.109. The van der Waals surface area contributed by atoms with Crippen LogP contribution in [-0.2, 0) is 20.0 Å². The van der Waals surface area contributed by atoms with Gasteiger partial charge in [-0.25, -0.2) is 0 Å². The van der Waals surface area contributed by atoms with Crippen LogP contribution in [0.5, 0.6) is 0 Å². The minimum Gasteiger partial charge on any atom is -0.495 e. The van der Waals surface area contributed by atoms with Gasteiger partial charge in [-0.1, -0.05) is 24.3 Å². The molecule has 0 atom stereocenters. The molecule has 0 radical (unpaired) electrons. The van der Waals surface area contributed by atoms with Gasteiger partial charge in [-0.05, 0) is 0 Å². The summed E-state index contributed by atoms with van der Waals surface area (Å²) in [5, 5.41) is 0. The van der Waals surface area contributed by atoms with E-state index in [1.54, 1.807) is 18.2 Å². The number of ether oxygens (including phenoxy) is 3. The van der Waals surface area contributed by atoms with Gasteiger partial charge in [0.1, 0.15) is 0 Å². The van der Waals surface area contributed by atoms with Crippen LogP contribution in [0.1, 0.15) is 15.9 Å². The molecular formula is C13H14O4. The van der Waals surface area contributed by atoms with Crippen molar-refractivity contribution < 1.29 is 19.0 Å². The Morgan fingerprint density at radius 2 is 1.71 bits per heavy atom. The molecule has 1 aliphatic carbocycles. The first-order chi connectivity index (χ1) is 8.19. The molecule has 0 amide bonds. The van der Waals surface area contributed by atoms with Gasteiger partial charge in [0.25, 0.3) is 5.79 Å². The van der Waals surface area contributed by atoms with E-state index in [1.165, 1.54) is 27.4 Å². The number of fused-ring (bicyclic) bond motifs is 1. The molecule has 0 fully saturated rings. The Morgan fingerprint density at radius 3 is 2.29 bits per heavy atom. The molecule has 1 aromatic carbocycles. The number of carbonyl (C=O) groups excluding carboxylic acids is 1. The summed E-state index contributed by atoms with van der Waals surface area (Å²) in [7, 11) is 4.52.